The predicted molar refractivity (Wildman–Crippen MR) is 84.7 cm³/mol. The Kier molecular flexibility index (Phi) is 4.35. The zero-order chi connectivity index (χ0) is 17.3. The zero-order valence-electron chi connectivity index (χ0n) is 13.0. The van der Waals surface area contributed by atoms with Gasteiger partial charge in [0, 0.05) is 11.6 Å². The number of halogens is 2. The lowest BCUT2D eigenvalue weighted by Crippen LogP contribution is -2.29. The number of ether oxygens (including phenoxy) is 1. The first kappa shape index (κ1) is 16.2. The summed E-state index contributed by atoms with van der Waals surface area (Å²) in [5.41, 5.74) is 1.02. The molecule has 2 heterocycles. The maximum atomic E-state index is 13.8. The van der Waals surface area contributed by atoms with Crippen molar-refractivity contribution in [2.24, 2.45) is 0 Å². The quantitative estimate of drug-likeness (QED) is 0.577. The minimum Gasteiger partial charge on any atom is -0.449 e. The van der Waals surface area contributed by atoms with Crippen molar-refractivity contribution < 1.29 is 19.1 Å². The van der Waals surface area contributed by atoms with Crippen LogP contribution in [0.4, 0.5) is 4.39 Å². The summed E-state index contributed by atoms with van der Waals surface area (Å²) in [5.74, 6) is 0.238. The summed E-state index contributed by atoms with van der Waals surface area (Å²) in [6.45, 7) is 3.89. The van der Waals surface area contributed by atoms with E-state index in [4.69, 9.17) is 16.3 Å². The van der Waals surface area contributed by atoms with Gasteiger partial charge in [0.05, 0.1) is 16.9 Å². The average molecular weight is 350 g/mol. The standard InChI is InChI=1S/C16H15ClFN4O2/c1-10(2)22-16(14(17)7-20-22)13-5-11(18)3-4-15(13)24-12-6-19-9-21(23)8-12/h3-10,23H,1-2H3/q+1. The minimum atomic E-state index is -0.423. The first-order valence-corrected chi connectivity index (χ1v) is 7.60. The molecule has 1 N–H and O–H groups in total. The molecule has 0 bridgehead atoms. The molecule has 0 fully saturated rings. The van der Waals surface area contributed by atoms with Gasteiger partial charge in [-0.2, -0.15) is 5.10 Å². The third kappa shape index (κ3) is 3.16. The molecule has 124 valence electrons. The second-order valence-corrected chi connectivity index (χ2v) is 5.83. The van der Waals surface area contributed by atoms with E-state index in [0.29, 0.717) is 27.8 Å². The van der Waals surface area contributed by atoms with Gasteiger partial charge in [0.25, 0.3) is 0 Å². The number of hydrogen-bond acceptors (Lipinski definition) is 4. The highest BCUT2D eigenvalue weighted by molar-refractivity contribution is 6.33. The molecule has 6 nitrogen and oxygen atoms in total. The molecule has 0 atom stereocenters. The fraction of sp³-hybridized carbons (Fsp3) is 0.188. The van der Waals surface area contributed by atoms with E-state index in [-0.39, 0.29) is 6.04 Å². The highest BCUT2D eigenvalue weighted by Crippen LogP contribution is 2.38. The van der Waals surface area contributed by atoms with E-state index in [2.05, 4.69) is 10.1 Å². The lowest BCUT2D eigenvalue weighted by Gasteiger charge is -2.15. The third-order valence-electron chi connectivity index (χ3n) is 3.31. The summed E-state index contributed by atoms with van der Waals surface area (Å²) in [5, 5.41) is 14.1. The molecule has 24 heavy (non-hydrogen) atoms. The molecule has 0 saturated carbocycles. The Balaban J connectivity index is 2.12. The summed E-state index contributed by atoms with van der Waals surface area (Å²) in [4.78, 5) is 3.82. The first-order valence-electron chi connectivity index (χ1n) is 7.22. The number of benzene rings is 1. The summed E-state index contributed by atoms with van der Waals surface area (Å²) in [6.07, 6.45) is 5.49. The van der Waals surface area contributed by atoms with Crippen molar-refractivity contribution >= 4 is 11.6 Å². The maximum absolute atomic E-state index is 13.8. The molecule has 0 spiro atoms. The number of nitrogens with zero attached hydrogens (tertiary/aromatic N) is 4. The Hall–Kier alpha value is -2.67. The lowest BCUT2D eigenvalue weighted by atomic mass is 10.1. The smallest absolute Gasteiger partial charge is 0.324 e. The Morgan fingerprint density at radius 3 is 2.83 bits per heavy atom. The summed E-state index contributed by atoms with van der Waals surface area (Å²) < 4.78 is 22.0. The molecular formula is C16H15ClFN4O2+. The van der Waals surface area contributed by atoms with Crippen molar-refractivity contribution in [3.63, 3.8) is 0 Å². The molecule has 3 aromatic rings. The Morgan fingerprint density at radius 2 is 2.12 bits per heavy atom. The lowest BCUT2D eigenvalue weighted by molar-refractivity contribution is -0.906. The molecule has 8 heteroatoms. The van der Waals surface area contributed by atoms with E-state index < -0.39 is 5.82 Å². The van der Waals surface area contributed by atoms with Crippen LogP contribution in [0, 0.1) is 5.82 Å². The van der Waals surface area contributed by atoms with E-state index in [1.54, 1.807) is 4.68 Å². The van der Waals surface area contributed by atoms with Crippen molar-refractivity contribution in [2.75, 3.05) is 0 Å². The molecule has 0 aliphatic carbocycles. The van der Waals surface area contributed by atoms with Crippen LogP contribution in [-0.2, 0) is 0 Å². The van der Waals surface area contributed by atoms with Gasteiger partial charge in [-0.1, -0.05) is 16.3 Å². The second-order valence-electron chi connectivity index (χ2n) is 5.43. The highest BCUT2D eigenvalue weighted by Gasteiger charge is 2.19. The van der Waals surface area contributed by atoms with Crippen LogP contribution in [0.3, 0.4) is 0 Å². The maximum Gasteiger partial charge on any atom is 0.324 e. The first-order chi connectivity index (χ1) is 11.5. The van der Waals surface area contributed by atoms with Crippen LogP contribution in [0.5, 0.6) is 11.5 Å². The van der Waals surface area contributed by atoms with Crippen LogP contribution in [0.25, 0.3) is 11.3 Å². The fourth-order valence-electron chi connectivity index (χ4n) is 2.31. The number of aromatic nitrogens is 4. The summed E-state index contributed by atoms with van der Waals surface area (Å²) in [7, 11) is 0. The van der Waals surface area contributed by atoms with Crippen molar-refractivity contribution in [1.29, 1.82) is 0 Å². The summed E-state index contributed by atoms with van der Waals surface area (Å²) in [6, 6.07) is 4.14. The molecule has 0 radical (unpaired) electrons. The molecule has 2 aromatic heterocycles. The van der Waals surface area contributed by atoms with Crippen LogP contribution < -0.4 is 9.47 Å². The van der Waals surface area contributed by atoms with E-state index in [0.717, 1.165) is 4.73 Å². The molecule has 0 unspecified atom stereocenters. The van der Waals surface area contributed by atoms with Gasteiger partial charge in [0.15, 0.2) is 12.4 Å². The van der Waals surface area contributed by atoms with Crippen LogP contribution >= 0.6 is 11.6 Å². The normalized spacial score (nSPS) is 11.0. The molecule has 0 aliphatic rings. The van der Waals surface area contributed by atoms with E-state index in [1.807, 2.05) is 13.8 Å². The van der Waals surface area contributed by atoms with Crippen molar-refractivity contribution in [1.82, 2.24) is 14.8 Å². The molecule has 0 amide bonds. The van der Waals surface area contributed by atoms with Gasteiger partial charge in [-0.3, -0.25) is 4.68 Å². The Morgan fingerprint density at radius 1 is 1.33 bits per heavy atom. The zero-order valence-corrected chi connectivity index (χ0v) is 13.8. The Bertz CT molecular complexity index is 882. The third-order valence-corrected chi connectivity index (χ3v) is 3.59. The van der Waals surface area contributed by atoms with Crippen molar-refractivity contribution in [2.45, 2.75) is 19.9 Å². The van der Waals surface area contributed by atoms with E-state index >= 15 is 0 Å². The van der Waals surface area contributed by atoms with Gasteiger partial charge >= 0.3 is 6.33 Å². The van der Waals surface area contributed by atoms with Gasteiger partial charge in [0.1, 0.15) is 11.6 Å². The monoisotopic (exact) mass is 349 g/mol. The highest BCUT2D eigenvalue weighted by atomic mass is 35.5. The van der Waals surface area contributed by atoms with E-state index in [9.17, 15) is 9.60 Å². The molecule has 0 saturated heterocycles. The molecule has 1 aromatic carbocycles. The van der Waals surface area contributed by atoms with Crippen molar-refractivity contribution in [3.8, 4) is 22.8 Å². The predicted octanol–water partition coefficient (Wildman–Crippen LogP) is 3.64. The minimum absolute atomic E-state index is 0.0293. The van der Waals surface area contributed by atoms with Gasteiger partial charge in [-0.25, -0.2) is 4.39 Å². The second kappa shape index (κ2) is 6.45. The molecule has 0 aliphatic heterocycles. The van der Waals surface area contributed by atoms with Crippen LogP contribution in [0.2, 0.25) is 5.02 Å². The van der Waals surface area contributed by atoms with Gasteiger partial charge in [0.2, 0.25) is 5.75 Å². The number of hydrogen-bond donors (Lipinski definition) is 1. The largest absolute Gasteiger partial charge is 0.449 e. The SMILES string of the molecule is CC(C)n1ncc(Cl)c1-c1cc(F)ccc1Oc1cnc[n+](O)c1. The molecule has 3 rings (SSSR count). The fourth-order valence-corrected chi connectivity index (χ4v) is 2.54. The average Bonchev–Trinajstić information content (AvgIpc) is 2.91. The Labute approximate surface area is 142 Å². The summed E-state index contributed by atoms with van der Waals surface area (Å²) >= 11 is 6.26. The van der Waals surface area contributed by atoms with Gasteiger partial charge in [-0.05, 0) is 37.0 Å². The number of rotatable bonds is 4. The van der Waals surface area contributed by atoms with Gasteiger partial charge in [-0.15, -0.1) is 0 Å². The van der Waals surface area contributed by atoms with Crippen LogP contribution in [0.1, 0.15) is 19.9 Å². The van der Waals surface area contributed by atoms with Crippen LogP contribution in [0.15, 0.2) is 43.1 Å². The van der Waals surface area contributed by atoms with Gasteiger partial charge < -0.3 is 9.94 Å². The van der Waals surface area contributed by atoms with Crippen molar-refractivity contribution in [3.05, 3.63) is 54.0 Å². The topological polar surface area (TPSA) is 64.0 Å². The molecular weight excluding hydrogens is 335 g/mol. The van der Waals surface area contributed by atoms with Crippen LogP contribution in [-0.4, -0.2) is 20.0 Å². The van der Waals surface area contributed by atoms with E-state index in [1.165, 1.54) is 43.1 Å².